The quantitative estimate of drug-likeness (QED) is 0.225. The van der Waals surface area contributed by atoms with Crippen LogP contribution in [0.3, 0.4) is 0 Å². The lowest BCUT2D eigenvalue weighted by molar-refractivity contribution is 1.08. The second-order valence-electron chi connectivity index (χ2n) is 9.98. The number of fused-ring (bicyclic) bond motifs is 12. The van der Waals surface area contributed by atoms with Gasteiger partial charge in [-0.2, -0.15) is 0 Å². The van der Waals surface area contributed by atoms with Crippen LogP contribution in [0.15, 0.2) is 128 Å². The van der Waals surface area contributed by atoms with Crippen LogP contribution in [-0.4, -0.2) is 14.1 Å². The van der Waals surface area contributed by atoms with Crippen LogP contribution in [-0.2, 0) is 0 Å². The molecule has 5 aromatic carbocycles. The van der Waals surface area contributed by atoms with E-state index in [0.717, 1.165) is 5.82 Å². The highest BCUT2D eigenvalue weighted by atomic mass is 32.1. The molecular weight excluding hydrogens is 494 g/mol. The van der Waals surface area contributed by atoms with Crippen molar-refractivity contribution in [3.05, 3.63) is 128 Å². The molecule has 4 aromatic heterocycles. The minimum atomic E-state index is 0.937. The normalized spacial score (nSPS) is 12.1. The molecule has 4 heterocycles. The van der Waals surface area contributed by atoms with Gasteiger partial charge in [0.1, 0.15) is 5.82 Å². The van der Waals surface area contributed by atoms with Crippen molar-refractivity contribution < 1.29 is 0 Å². The van der Waals surface area contributed by atoms with E-state index >= 15 is 0 Å². The van der Waals surface area contributed by atoms with Crippen molar-refractivity contribution >= 4 is 75.1 Å². The Kier molecular flexibility index (Phi) is 4.21. The molecule has 3 nitrogen and oxygen atoms in total. The molecular formula is C35H21N3S. The van der Waals surface area contributed by atoms with Gasteiger partial charge in [0.25, 0.3) is 0 Å². The summed E-state index contributed by atoms with van der Waals surface area (Å²) < 4.78 is 7.44. The van der Waals surface area contributed by atoms with Crippen molar-refractivity contribution in [1.82, 2.24) is 14.1 Å². The Bertz CT molecular complexity index is 2370. The van der Waals surface area contributed by atoms with E-state index < -0.39 is 0 Å². The molecule has 39 heavy (non-hydrogen) atoms. The molecule has 0 saturated heterocycles. The number of nitrogens with zero attached hydrogens (tertiary/aromatic N) is 3. The summed E-state index contributed by atoms with van der Waals surface area (Å²) in [4.78, 5) is 4.85. The molecule has 4 heteroatoms. The molecule has 0 spiro atoms. The maximum atomic E-state index is 4.85. The Morgan fingerprint density at radius 3 is 1.85 bits per heavy atom. The molecule has 182 valence electrons. The van der Waals surface area contributed by atoms with Gasteiger partial charge in [-0.25, -0.2) is 4.98 Å². The van der Waals surface area contributed by atoms with Gasteiger partial charge in [-0.05, 0) is 42.5 Å². The largest absolute Gasteiger partial charge is 0.308 e. The summed E-state index contributed by atoms with van der Waals surface area (Å²) in [7, 11) is 0. The zero-order valence-electron chi connectivity index (χ0n) is 20.9. The van der Waals surface area contributed by atoms with Crippen molar-refractivity contribution in [3.63, 3.8) is 0 Å². The third kappa shape index (κ3) is 2.73. The van der Waals surface area contributed by atoms with Crippen LogP contribution >= 0.6 is 11.3 Å². The van der Waals surface area contributed by atoms with Crippen molar-refractivity contribution in [1.29, 1.82) is 0 Å². The lowest BCUT2D eigenvalue weighted by Crippen LogP contribution is -1.97. The van der Waals surface area contributed by atoms with Crippen LogP contribution in [0.25, 0.3) is 75.3 Å². The van der Waals surface area contributed by atoms with Gasteiger partial charge in [-0.3, -0.25) is 4.57 Å². The van der Waals surface area contributed by atoms with E-state index in [1.165, 1.54) is 69.5 Å². The van der Waals surface area contributed by atoms with Crippen molar-refractivity contribution in [2.24, 2.45) is 0 Å². The monoisotopic (exact) mass is 515 g/mol. The molecule has 9 rings (SSSR count). The number of hydrogen-bond acceptors (Lipinski definition) is 2. The Hall–Kier alpha value is -4.93. The molecule has 0 unspecified atom stereocenters. The molecule has 0 bridgehead atoms. The highest BCUT2D eigenvalue weighted by Crippen LogP contribution is 2.50. The number of hydrogen-bond donors (Lipinski definition) is 0. The van der Waals surface area contributed by atoms with Crippen LogP contribution in [0.5, 0.6) is 0 Å². The van der Waals surface area contributed by atoms with Crippen LogP contribution in [0.1, 0.15) is 0 Å². The lowest BCUT2D eigenvalue weighted by Gasteiger charge is -2.11. The van der Waals surface area contributed by atoms with Gasteiger partial charge in [0.2, 0.25) is 0 Å². The zero-order chi connectivity index (χ0) is 25.5. The lowest BCUT2D eigenvalue weighted by atomic mass is 10.0. The minimum Gasteiger partial charge on any atom is -0.308 e. The summed E-state index contributed by atoms with van der Waals surface area (Å²) >= 11 is 1.89. The highest BCUT2D eigenvalue weighted by molar-refractivity contribution is 7.27. The van der Waals surface area contributed by atoms with E-state index in [-0.39, 0.29) is 0 Å². The first-order valence-corrected chi connectivity index (χ1v) is 14.0. The fraction of sp³-hybridized carbons (Fsp3) is 0. The van der Waals surface area contributed by atoms with Gasteiger partial charge in [0.15, 0.2) is 0 Å². The van der Waals surface area contributed by atoms with Gasteiger partial charge < -0.3 is 4.57 Å². The smallest absolute Gasteiger partial charge is 0.137 e. The van der Waals surface area contributed by atoms with E-state index in [0.29, 0.717) is 0 Å². The molecule has 0 N–H and O–H groups in total. The Balaban J connectivity index is 1.69. The summed E-state index contributed by atoms with van der Waals surface area (Å²) in [6.45, 7) is 0. The number of aromatic nitrogens is 3. The molecule has 0 amide bonds. The predicted octanol–water partition coefficient (Wildman–Crippen LogP) is 9.64. The summed E-state index contributed by atoms with van der Waals surface area (Å²) in [6, 6.07) is 43.4. The van der Waals surface area contributed by atoms with Gasteiger partial charge in [-0.1, -0.05) is 78.9 Å². The first kappa shape index (κ1) is 21.1. The van der Waals surface area contributed by atoms with Gasteiger partial charge >= 0.3 is 0 Å². The third-order valence-corrected chi connectivity index (χ3v) is 9.12. The van der Waals surface area contributed by atoms with E-state index in [4.69, 9.17) is 4.98 Å². The van der Waals surface area contributed by atoms with E-state index in [1.807, 2.05) is 23.6 Å². The SMILES string of the molecule is c1ccc(-n2c3ccccc3c3c4c5ccccc5n(-c5ccccn5)c4c4c5ccccc5sc4c32)cc1. The fourth-order valence-corrected chi connectivity index (χ4v) is 7.70. The first-order chi connectivity index (χ1) is 19.4. The maximum absolute atomic E-state index is 4.85. The van der Waals surface area contributed by atoms with Crippen LogP contribution < -0.4 is 0 Å². The Morgan fingerprint density at radius 2 is 1.10 bits per heavy atom. The summed E-state index contributed by atoms with van der Waals surface area (Å²) in [5.41, 5.74) is 6.07. The van der Waals surface area contributed by atoms with Crippen molar-refractivity contribution in [3.8, 4) is 11.5 Å². The van der Waals surface area contributed by atoms with Crippen molar-refractivity contribution in [2.75, 3.05) is 0 Å². The number of rotatable bonds is 2. The van der Waals surface area contributed by atoms with E-state index in [2.05, 4.69) is 124 Å². The average molecular weight is 516 g/mol. The molecule has 0 radical (unpaired) electrons. The number of para-hydroxylation sites is 3. The first-order valence-electron chi connectivity index (χ1n) is 13.2. The number of thiophene rings is 1. The van der Waals surface area contributed by atoms with Crippen molar-refractivity contribution in [2.45, 2.75) is 0 Å². The van der Waals surface area contributed by atoms with Crippen LogP contribution in [0.4, 0.5) is 0 Å². The van der Waals surface area contributed by atoms with E-state index in [1.54, 1.807) is 0 Å². The summed E-state index contributed by atoms with van der Waals surface area (Å²) in [6.07, 6.45) is 1.89. The molecule has 9 aromatic rings. The second kappa shape index (κ2) is 7.79. The standard InChI is InChI=1S/C35H21N3S/c1-2-12-22(13-3-1)37-26-17-7-4-14-23(26)31-30-24-15-5-8-18-27(24)38(29-20-10-11-21-36-29)33(30)32-25-16-6-9-19-28(25)39-35(32)34(31)37/h1-21H. The van der Waals surface area contributed by atoms with E-state index in [9.17, 15) is 0 Å². The molecule has 0 atom stereocenters. The number of benzene rings is 5. The van der Waals surface area contributed by atoms with Gasteiger partial charge in [-0.15, -0.1) is 11.3 Å². The average Bonchev–Trinajstić information content (AvgIpc) is 3.66. The predicted molar refractivity (Wildman–Crippen MR) is 166 cm³/mol. The maximum Gasteiger partial charge on any atom is 0.137 e. The molecule has 0 aliphatic carbocycles. The van der Waals surface area contributed by atoms with Crippen LogP contribution in [0.2, 0.25) is 0 Å². The Morgan fingerprint density at radius 1 is 0.487 bits per heavy atom. The summed E-state index contributed by atoms with van der Waals surface area (Å²) in [5.74, 6) is 0.937. The number of pyridine rings is 1. The molecule has 0 fully saturated rings. The molecule has 0 aliphatic rings. The topological polar surface area (TPSA) is 22.8 Å². The second-order valence-corrected chi connectivity index (χ2v) is 11.0. The molecule has 0 saturated carbocycles. The van der Waals surface area contributed by atoms with Crippen LogP contribution in [0, 0.1) is 0 Å². The highest BCUT2D eigenvalue weighted by Gasteiger charge is 2.26. The summed E-state index contributed by atoms with van der Waals surface area (Å²) in [5, 5.41) is 7.68. The molecule has 0 aliphatic heterocycles. The Labute approximate surface area is 227 Å². The minimum absolute atomic E-state index is 0.937. The third-order valence-electron chi connectivity index (χ3n) is 7.94. The zero-order valence-corrected chi connectivity index (χ0v) is 21.7. The van der Waals surface area contributed by atoms with Gasteiger partial charge in [0, 0.05) is 48.9 Å². The van der Waals surface area contributed by atoms with Gasteiger partial charge in [0.05, 0.1) is 26.8 Å². The fourth-order valence-electron chi connectivity index (χ4n) is 6.45.